The van der Waals surface area contributed by atoms with Crippen LogP contribution in [0.4, 0.5) is 4.79 Å². The van der Waals surface area contributed by atoms with Gasteiger partial charge in [0.25, 0.3) is 0 Å². The Morgan fingerprint density at radius 3 is 2.91 bits per heavy atom. The summed E-state index contributed by atoms with van der Waals surface area (Å²) in [6, 6.07) is 7.89. The summed E-state index contributed by atoms with van der Waals surface area (Å²) in [7, 11) is 0. The molecule has 2 aromatic rings. The molecule has 0 aliphatic carbocycles. The first-order chi connectivity index (χ1) is 10.4. The van der Waals surface area contributed by atoms with Crippen LogP contribution in [0.3, 0.4) is 0 Å². The Balaban J connectivity index is 1.90. The summed E-state index contributed by atoms with van der Waals surface area (Å²) < 4.78 is 11.3. The Morgan fingerprint density at radius 1 is 1.32 bits per heavy atom. The maximum absolute atomic E-state index is 12.3. The second-order valence-corrected chi connectivity index (χ2v) is 6.38. The fraction of sp³-hybridized carbons (Fsp3) is 0.412. The Morgan fingerprint density at radius 2 is 2.14 bits per heavy atom. The Hall–Kier alpha value is -2.30. The zero-order chi connectivity index (χ0) is 15.7. The van der Waals surface area contributed by atoms with E-state index in [1.807, 2.05) is 45.0 Å². The molecular formula is C17H20N2O3. The van der Waals surface area contributed by atoms with Crippen LogP contribution < -0.4 is 4.74 Å². The van der Waals surface area contributed by atoms with Crippen LogP contribution >= 0.6 is 0 Å². The number of carbonyl (C=O) groups excluding carboxylic acids is 1. The normalized spacial score (nSPS) is 15.0. The van der Waals surface area contributed by atoms with Crippen molar-refractivity contribution in [2.45, 2.75) is 32.9 Å². The molecule has 0 saturated heterocycles. The number of benzene rings is 1. The van der Waals surface area contributed by atoms with Gasteiger partial charge in [0.05, 0.1) is 13.1 Å². The highest BCUT2D eigenvalue weighted by Gasteiger charge is 2.25. The van der Waals surface area contributed by atoms with E-state index in [1.165, 1.54) is 0 Å². The summed E-state index contributed by atoms with van der Waals surface area (Å²) in [4.78, 5) is 18.4. The van der Waals surface area contributed by atoms with E-state index < -0.39 is 5.60 Å². The van der Waals surface area contributed by atoms with Crippen molar-refractivity contribution in [1.82, 2.24) is 9.88 Å². The molecule has 0 saturated carbocycles. The van der Waals surface area contributed by atoms with Gasteiger partial charge in [-0.15, -0.1) is 0 Å². The fourth-order valence-electron chi connectivity index (χ4n) is 2.47. The molecule has 0 spiro atoms. The zero-order valence-corrected chi connectivity index (χ0v) is 13.1. The van der Waals surface area contributed by atoms with Gasteiger partial charge in [0.1, 0.15) is 17.7 Å². The van der Waals surface area contributed by atoms with Crippen LogP contribution in [0.5, 0.6) is 5.75 Å². The smallest absolute Gasteiger partial charge is 0.410 e. The summed E-state index contributed by atoms with van der Waals surface area (Å²) in [6.45, 7) is 7.00. The van der Waals surface area contributed by atoms with Crippen molar-refractivity contribution in [1.29, 1.82) is 0 Å². The van der Waals surface area contributed by atoms with Gasteiger partial charge in [0, 0.05) is 17.1 Å². The fourth-order valence-corrected chi connectivity index (χ4v) is 2.47. The predicted octanol–water partition coefficient (Wildman–Crippen LogP) is 3.36. The minimum atomic E-state index is -0.502. The molecule has 0 atom stereocenters. The molecule has 2 heterocycles. The first kappa shape index (κ1) is 14.6. The van der Waals surface area contributed by atoms with Crippen molar-refractivity contribution in [3.8, 4) is 5.75 Å². The quantitative estimate of drug-likeness (QED) is 0.748. The lowest BCUT2D eigenvalue weighted by atomic mass is 10.1. The van der Waals surface area contributed by atoms with Crippen molar-refractivity contribution in [2.24, 2.45) is 0 Å². The monoisotopic (exact) mass is 300 g/mol. The van der Waals surface area contributed by atoms with Gasteiger partial charge >= 0.3 is 6.09 Å². The molecule has 1 aromatic carbocycles. The third-order valence-corrected chi connectivity index (χ3v) is 3.43. The number of pyridine rings is 1. The molecule has 0 bridgehead atoms. The van der Waals surface area contributed by atoms with Crippen LogP contribution in [-0.4, -0.2) is 34.7 Å². The van der Waals surface area contributed by atoms with E-state index in [4.69, 9.17) is 9.47 Å². The summed E-state index contributed by atoms with van der Waals surface area (Å²) in [5.41, 5.74) is 1.29. The van der Waals surface area contributed by atoms with Gasteiger partial charge in [-0.05, 0) is 26.8 Å². The molecule has 0 unspecified atom stereocenters. The van der Waals surface area contributed by atoms with Crippen molar-refractivity contribution >= 4 is 17.0 Å². The Bertz CT molecular complexity index is 707. The van der Waals surface area contributed by atoms with E-state index >= 15 is 0 Å². The lowest BCUT2D eigenvalue weighted by Crippen LogP contribution is -2.37. The van der Waals surface area contributed by atoms with Gasteiger partial charge in [0.2, 0.25) is 0 Å². The van der Waals surface area contributed by atoms with E-state index in [0.29, 0.717) is 19.7 Å². The van der Waals surface area contributed by atoms with E-state index in [9.17, 15) is 4.79 Å². The molecule has 1 aliphatic heterocycles. The van der Waals surface area contributed by atoms with Gasteiger partial charge in [-0.1, -0.05) is 18.2 Å². The molecule has 0 radical (unpaired) electrons. The van der Waals surface area contributed by atoms with E-state index in [1.54, 1.807) is 11.1 Å². The molecule has 5 nitrogen and oxygen atoms in total. The van der Waals surface area contributed by atoms with Crippen molar-refractivity contribution in [3.63, 3.8) is 0 Å². The van der Waals surface area contributed by atoms with Crippen LogP contribution in [0.25, 0.3) is 10.9 Å². The summed E-state index contributed by atoms with van der Waals surface area (Å²) in [5.74, 6) is 0.768. The molecule has 116 valence electrons. The number of amides is 1. The highest BCUT2D eigenvalue weighted by Crippen LogP contribution is 2.31. The molecule has 1 aromatic heterocycles. The molecule has 1 amide bonds. The number of nitrogens with zero attached hydrogens (tertiary/aromatic N) is 2. The first-order valence-corrected chi connectivity index (χ1v) is 7.41. The maximum atomic E-state index is 12.3. The van der Waals surface area contributed by atoms with Crippen LogP contribution in [0.2, 0.25) is 0 Å². The molecule has 3 rings (SSSR count). The number of rotatable bonds is 0. The molecule has 5 heteroatoms. The zero-order valence-electron chi connectivity index (χ0n) is 13.1. The third kappa shape index (κ3) is 2.98. The average Bonchev–Trinajstić information content (AvgIpc) is 2.68. The lowest BCUT2D eigenvalue weighted by molar-refractivity contribution is 0.0225. The van der Waals surface area contributed by atoms with Crippen LogP contribution in [0.1, 0.15) is 26.3 Å². The van der Waals surface area contributed by atoms with Gasteiger partial charge in [-0.25, -0.2) is 4.79 Å². The first-order valence-electron chi connectivity index (χ1n) is 7.41. The Kier molecular flexibility index (Phi) is 3.64. The molecule has 1 aliphatic rings. The van der Waals surface area contributed by atoms with E-state index in [2.05, 4.69) is 4.98 Å². The van der Waals surface area contributed by atoms with Gasteiger partial charge < -0.3 is 14.4 Å². The number of carbonyl (C=O) groups is 1. The second kappa shape index (κ2) is 5.48. The van der Waals surface area contributed by atoms with Gasteiger partial charge in [0.15, 0.2) is 5.75 Å². The highest BCUT2D eigenvalue weighted by molar-refractivity contribution is 5.86. The minimum absolute atomic E-state index is 0.315. The standard InChI is InChI=1S/C17H20N2O3/c1-17(2,3)22-16(20)19-9-10-21-15-13(11-19)7-6-12-5-4-8-18-14(12)15/h4-8H,9-11H2,1-3H3. The molecule has 0 N–H and O–H groups in total. The van der Waals surface area contributed by atoms with Gasteiger partial charge in [-0.2, -0.15) is 0 Å². The summed E-state index contributed by atoms with van der Waals surface area (Å²) >= 11 is 0. The summed E-state index contributed by atoms with van der Waals surface area (Å²) in [6.07, 6.45) is 1.44. The molecule has 22 heavy (non-hydrogen) atoms. The highest BCUT2D eigenvalue weighted by atomic mass is 16.6. The van der Waals surface area contributed by atoms with Crippen LogP contribution in [0, 0.1) is 0 Å². The van der Waals surface area contributed by atoms with Crippen molar-refractivity contribution < 1.29 is 14.3 Å². The second-order valence-electron chi connectivity index (χ2n) is 6.38. The number of ether oxygens (including phenoxy) is 2. The Labute approximate surface area is 129 Å². The van der Waals surface area contributed by atoms with Gasteiger partial charge in [-0.3, -0.25) is 4.98 Å². The number of hydrogen-bond acceptors (Lipinski definition) is 4. The lowest BCUT2D eigenvalue weighted by Gasteiger charge is -2.26. The summed E-state index contributed by atoms with van der Waals surface area (Å²) in [5, 5.41) is 1.03. The SMILES string of the molecule is CC(C)(C)OC(=O)N1CCOc2c(ccc3cccnc23)C1. The average molecular weight is 300 g/mol. The van der Waals surface area contributed by atoms with E-state index in [-0.39, 0.29) is 6.09 Å². The van der Waals surface area contributed by atoms with E-state index in [0.717, 1.165) is 22.2 Å². The number of fused-ring (bicyclic) bond motifs is 3. The maximum Gasteiger partial charge on any atom is 0.410 e. The number of hydrogen-bond donors (Lipinski definition) is 0. The minimum Gasteiger partial charge on any atom is -0.489 e. The number of aromatic nitrogens is 1. The molecular weight excluding hydrogens is 280 g/mol. The largest absolute Gasteiger partial charge is 0.489 e. The molecule has 0 fully saturated rings. The van der Waals surface area contributed by atoms with Crippen LogP contribution in [-0.2, 0) is 11.3 Å². The third-order valence-electron chi connectivity index (χ3n) is 3.43. The van der Waals surface area contributed by atoms with Crippen molar-refractivity contribution in [2.75, 3.05) is 13.2 Å². The van der Waals surface area contributed by atoms with Crippen LogP contribution in [0.15, 0.2) is 30.5 Å². The van der Waals surface area contributed by atoms with Crippen molar-refractivity contribution in [3.05, 3.63) is 36.0 Å². The topological polar surface area (TPSA) is 51.7 Å². The predicted molar refractivity (Wildman–Crippen MR) is 83.9 cm³/mol.